The molecule has 4 rings (SSSR count). The summed E-state index contributed by atoms with van der Waals surface area (Å²) in [4.78, 5) is 11.4. The summed E-state index contributed by atoms with van der Waals surface area (Å²) >= 11 is 0. The number of nitrogens with zero attached hydrogens (tertiary/aromatic N) is 5. The summed E-state index contributed by atoms with van der Waals surface area (Å²) in [6.07, 6.45) is 4.67. The van der Waals surface area contributed by atoms with Crippen molar-refractivity contribution in [2.45, 2.75) is 26.2 Å². The standard InChI is InChI=1S/C20H25N5O2/c1-14-19(27-13-21-14)20-22-18(12-15-8-10-24(2)11-9-15)23-25(20)16-6-4-5-7-17(16)26-3/h4-7,13,15H,8-12H2,1-3H3. The minimum atomic E-state index is 0.610. The van der Waals surface area contributed by atoms with Crippen molar-refractivity contribution in [3.63, 3.8) is 0 Å². The molecule has 1 fully saturated rings. The predicted molar refractivity (Wildman–Crippen MR) is 102 cm³/mol. The lowest BCUT2D eigenvalue weighted by Crippen LogP contribution is -2.31. The Bertz CT molecular complexity index is 909. The zero-order valence-corrected chi connectivity index (χ0v) is 16.1. The van der Waals surface area contributed by atoms with Gasteiger partial charge in [-0.1, -0.05) is 12.1 Å². The molecule has 2 aromatic heterocycles. The predicted octanol–water partition coefficient (Wildman–Crippen LogP) is 3.12. The molecule has 1 aromatic carbocycles. The molecule has 7 nitrogen and oxygen atoms in total. The van der Waals surface area contributed by atoms with Gasteiger partial charge in [0, 0.05) is 6.42 Å². The van der Waals surface area contributed by atoms with Crippen LogP contribution in [0.15, 0.2) is 35.1 Å². The summed E-state index contributed by atoms with van der Waals surface area (Å²) in [5.74, 6) is 3.49. The Labute approximate surface area is 159 Å². The summed E-state index contributed by atoms with van der Waals surface area (Å²) in [5.41, 5.74) is 1.64. The Morgan fingerprint density at radius 3 is 2.70 bits per heavy atom. The largest absolute Gasteiger partial charge is 0.494 e. The lowest BCUT2D eigenvalue weighted by molar-refractivity contribution is 0.217. The van der Waals surface area contributed by atoms with E-state index in [1.807, 2.05) is 35.9 Å². The number of oxazole rings is 1. The van der Waals surface area contributed by atoms with Gasteiger partial charge < -0.3 is 14.1 Å². The van der Waals surface area contributed by atoms with E-state index in [9.17, 15) is 0 Å². The average molecular weight is 367 g/mol. The first-order valence-corrected chi connectivity index (χ1v) is 9.34. The molecule has 1 saturated heterocycles. The molecule has 7 heteroatoms. The monoisotopic (exact) mass is 367 g/mol. The smallest absolute Gasteiger partial charge is 0.201 e. The Morgan fingerprint density at radius 1 is 1.22 bits per heavy atom. The number of hydrogen-bond donors (Lipinski definition) is 0. The molecule has 0 saturated carbocycles. The molecule has 0 unspecified atom stereocenters. The van der Waals surface area contributed by atoms with E-state index in [1.54, 1.807) is 7.11 Å². The van der Waals surface area contributed by atoms with Crippen LogP contribution in [0.2, 0.25) is 0 Å². The van der Waals surface area contributed by atoms with Gasteiger partial charge in [-0.3, -0.25) is 0 Å². The second-order valence-corrected chi connectivity index (χ2v) is 7.15. The Hall–Kier alpha value is -2.67. The van der Waals surface area contributed by atoms with E-state index in [4.69, 9.17) is 19.2 Å². The van der Waals surface area contributed by atoms with Gasteiger partial charge in [0.1, 0.15) is 11.4 Å². The van der Waals surface area contributed by atoms with Crippen molar-refractivity contribution in [3.8, 4) is 23.0 Å². The molecular weight excluding hydrogens is 342 g/mol. The van der Waals surface area contributed by atoms with Gasteiger partial charge >= 0.3 is 0 Å². The number of ether oxygens (including phenoxy) is 1. The van der Waals surface area contributed by atoms with E-state index in [0.29, 0.717) is 17.5 Å². The number of benzene rings is 1. The van der Waals surface area contributed by atoms with Gasteiger partial charge in [-0.25, -0.2) is 14.6 Å². The highest BCUT2D eigenvalue weighted by molar-refractivity contribution is 5.57. The minimum absolute atomic E-state index is 0.610. The van der Waals surface area contributed by atoms with Crippen molar-refractivity contribution in [3.05, 3.63) is 42.2 Å². The van der Waals surface area contributed by atoms with E-state index < -0.39 is 0 Å². The van der Waals surface area contributed by atoms with E-state index in [1.165, 1.54) is 19.2 Å². The number of hydrogen-bond acceptors (Lipinski definition) is 6. The topological polar surface area (TPSA) is 69.2 Å². The zero-order valence-electron chi connectivity index (χ0n) is 16.1. The first kappa shape index (κ1) is 17.7. The minimum Gasteiger partial charge on any atom is -0.494 e. The molecule has 0 atom stereocenters. The Morgan fingerprint density at radius 2 is 2.00 bits per heavy atom. The summed E-state index contributed by atoms with van der Waals surface area (Å²) < 4.78 is 13.0. The molecular formula is C20H25N5O2. The van der Waals surface area contributed by atoms with Gasteiger partial charge in [0.05, 0.1) is 12.8 Å². The van der Waals surface area contributed by atoms with E-state index in [0.717, 1.165) is 42.5 Å². The van der Waals surface area contributed by atoms with E-state index in [-0.39, 0.29) is 0 Å². The van der Waals surface area contributed by atoms with Crippen molar-refractivity contribution in [2.24, 2.45) is 5.92 Å². The maximum atomic E-state index is 5.62. The fourth-order valence-electron chi connectivity index (χ4n) is 3.60. The van der Waals surface area contributed by atoms with E-state index >= 15 is 0 Å². The molecule has 0 bridgehead atoms. The zero-order chi connectivity index (χ0) is 18.8. The summed E-state index contributed by atoms with van der Waals surface area (Å²) in [6, 6.07) is 7.80. The number of rotatable bonds is 5. The van der Waals surface area contributed by atoms with Crippen molar-refractivity contribution >= 4 is 0 Å². The molecule has 0 spiro atoms. The molecule has 0 radical (unpaired) electrons. The lowest BCUT2D eigenvalue weighted by Gasteiger charge is -2.28. The van der Waals surface area contributed by atoms with Crippen LogP contribution in [0.4, 0.5) is 0 Å². The fourth-order valence-corrected chi connectivity index (χ4v) is 3.60. The second-order valence-electron chi connectivity index (χ2n) is 7.15. The van der Waals surface area contributed by atoms with Crippen LogP contribution < -0.4 is 4.74 Å². The first-order chi connectivity index (χ1) is 13.2. The Kier molecular flexibility index (Phi) is 4.94. The number of aromatic nitrogens is 4. The highest BCUT2D eigenvalue weighted by Gasteiger charge is 2.24. The Balaban J connectivity index is 1.73. The van der Waals surface area contributed by atoms with Crippen molar-refractivity contribution in [1.29, 1.82) is 0 Å². The third-order valence-corrected chi connectivity index (χ3v) is 5.22. The summed E-state index contributed by atoms with van der Waals surface area (Å²) in [6.45, 7) is 4.18. The normalized spacial score (nSPS) is 16.0. The second kappa shape index (κ2) is 7.52. The highest BCUT2D eigenvalue weighted by Crippen LogP contribution is 2.29. The van der Waals surface area contributed by atoms with Gasteiger partial charge in [0.25, 0.3) is 0 Å². The number of para-hydroxylation sites is 2. The maximum absolute atomic E-state index is 5.62. The summed E-state index contributed by atoms with van der Waals surface area (Å²) in [5, 5.41) is 4.82. The van der Waals surface area contributed by atoms with Crippen LogP contribution >= 0.6 is 0 Å². The molecule has 3 heterocycles. The van der Waals surface area contributed by atoms with Crippen LogP contribution in [-0.4, -0.2) is 51.9 Å². The van der Waals surface area contributed by atoms with Gasteiger partial charge in [0.2, 0.25) is 5.82 Å². The molecule has 1 aliphatic heterocycles. The van der Waals surface area contributed by atoms with Crippen LogP contribution in [0.5, 0.6) is 5.75 Å². The molecule has 142 valence electrons. The van der Waals surface area contributed by atoms with Crippen LogP contribution in [0.1, 0.15) is 24.4 Å². The maximum Gasteiger partial charge on any atom is 0.201 e. The molecule has 0 aliphatic carbocycles. The van der Waals surface area contributed by atoms with Gasteiger partial charge in [0.15, 0.2) is 18.0 Å². The molecule has 0 N–H and O–H groups in total. The summed E-state index contributed by atoms with van der Waals surface area (Å²) in [7, 11) is 3.84. The van der Waals surface area contributed by atoms with Gasteiger partial charge in [-0.15, -0.1) is 0 Å². The van der Waals surface area contributed by atoms with Crippen LogP contribution in [-0.2, 0) is 6.42 Å². The third-order valence-electron chi connectivity index (χ3n) is 5.22. The van der Waals surface area contributed by atoms with Crippen LogP contribution in [0.25, 0.3) is 17.3 Å². The van der Waals surface area contributed by atoms with Crippen LogP contribution in [0.3, 0.4) is 0 Å². The number of likely N-dealkylation sites (tertiary alicyclic amines) is 1. The van der Waals surface area contributed by atoms with Gasteiger partial charge in [-0.05, 0) is 58.0 Å². The first-order valence-electron chi connectivity index (χ1n) is 9.34. The van der Waals surface area contributed by atoms with Crippen molar-refractivity contribution < 1.29 is 9.15 Å². The third kappa shape index (κ3) is 3.60. The van der Waals surface area contributed by atoms with E-state index in [2.05, 4.69) is 16.9 Å². The number of methoxy groups -OCH3 is 1. The van der Waals surface area contributed by atoms with Crippen LogP contribution in [0, 0.1) is 12.8 Å². The average Bonchev–Trinajstić information content (AvgIpc) is 3.29. The number of aryl methyl sites for hydroxylation is 1. The SMILES string of the molecule is COc1ccccc1-n1nc(CC2CCN(C)CC2)nc1-c1ocnc1C. The number of piperidine rings is 1. The van der Waals surface area contributed by atoms with Gasteiger partial charge in [-0.2, -0.15) is 5.10 Å². The van der Waals surface area contributed by atoms with Crippen molar-refractivity contribution in [1.82, 2.24) is 24.6 Å². The molecule has 0 amide bonds. The molecule has 3 aromatic rings. The lowest BCUT2D eigenvalue weighted by atomic mass is 9.94. The van der Waals surface area contributed by atoms with Crippen molar-refractivity contribution in [2.75, 3.05) is 27.2 Å². The fraction of sp³-hybridized carbons (Fsp3) is 0.450. The highest BCUT2D eigenvalue weighted by atomic mass is 16.5. The quantitative estimate of drug-likeness (QED) is 0.690. The molecule has 27 heavy (non-hydrogen) atoms. The molecule has 1 aliphatic rings.